The highest BCUT2D eigenvalue weighted by molar-refractivity contribution is 6.33. The first kappa shape index (κ1) is 25.2. The number of carbonyl (C=O) groups is 2. The molecule has 1 aromatic heterocycles. The molecule has 0 saturated carbocycles. The van der Waals surface area contributed by atoms with Crippen LogP contribution in [-0.2, 0) is 6.42 Å². The standard InChI is InChI=1S/C29H32ClN5O2/c1-18-16-27(32-19(2)31-18)35-14-12-22(13-15-35)34(3)29(37)21-9-8-20-10-11-26(24(20)17-21)33-28(36)23-6-4-5-7-25(23)30/h4-9,16-17,22,26H,10-15H2,1-3H3,(H,33,36)/t26-/m1/s1. The molecule has 1 fully saturated rings. The number of aromatic nitrogens is 2. The molecule has 0 radical (unpaired) electrons. The van der Waals surface area contributed by atoms with Crippen LogP contribution in [0, 0.1) is 13.8 Å². The molecule has 7 nitrogen and oxygen atoms in total. The van der Waals surface area contributed by atoms with Crippen LogP contribution in [-0.4, -0.2) is 52.9 Å². The van der Waals surface area contributed by atoms with E-state index in [1.54, 1.807) is 24.3 Å². The van der Waals surface area contributed by atoms with E-state index in [0.717, 1.165) is 61.7 Å². The first-order chi connectivity index (χ1) is 17.8. The summed E-state index contributed by atoms with van der Waals surface area (Å²) in [5.74, 6) is 1.56. The molecule has 2 aliphatic rings. The minimum absolute atomic E-state index is 0.0121. The van der Waals surface area contributed by atoms with Gasteiger partial charge in [-0.1, -0.05) is 29.8 Å². The molecule has 1 atom stereocenters. The van der Waals surface area contributed by atoms with E-state index in [9.17, 15) is 9.59 Å². The topological polar surface area (TPSA) is 78.4 Å². The van der Waals surface area contributed by atoms with E-state index in [-0.39, 0.29) is 23.9 Å². The molecule has 1 aliphatic carbocycles. The summed E-state index contributed by atoms with van der Waals surface area (Å²) in [4.78, 5) is 39.4. The Morgan fingerprint density at radius 1 is 1.03 bits per heavy atom. The highest BCUT2D eigenvalue weighted by atomic mass is 35.5. The van der Waals surface area contributed by atoms with Gasteiger partial charge in [-0.15, -0.1) is 0 Å². The Bertz CT molecular complexity index is 1320. The normalized spacial score (nSPS) is 17.4. The van der Waals surface area contributed by atoms with Crippen LogP contribution in [0.2, 0.25) is 5.02 Å². The van der Waals surface area contributed by atoms with Crippen molar-refractivity contribution in [3.8, 4) is 0 Å². The fourth-order valence-electron chi connectivity index (χ4n) is 5.48. The van der Waals surface area contributed by atoms with Crippen molar-refractivity contribution >= 4 is 29.2 Å². The number of hydrogen-bond acceptors (Lipinski definition) is 5. The highest BCUT2D eigenvalue weighted by Gasteiger charge is 2.29. The molecule has 8 heteroatoms. The first-order valence-corrected chi connectivity index (χ1v) is 13.2. The molecule has 192 valence electrons. The van der Waals surface area contributed by atoms with Crippen molar-refractivity contribution in [2.45, 2.75) is 51.6 Å². The molecule has 3 aromatic rings. The molecule has 1 N–H and O–H groups in total. The third-order valence-electron chi connectivity index (χ3n) is 7.50. The van der Waals surface area contributed by atoms with Crippen LogP contribution in [0.25, 0.3) is 0 Å². The Hall–Kier alpha value is -3.45. The number of piperidine rings is 1. The Kier molecular flexibility index (Phi) is 7.15. The summed E-state index contributed by atoms with van der Waals surface area (Å²) < 4.78 is 0. The molecule has 37 heavy (non-hydrogen) atoms. The SMILES string of the molecule is Cc1cc(N2CCC(N(C)C(=O)c3ccc4c(c3)[C@H](NC(=O)c3ccccc3Cl)CC4)CC2)nc(C)n1. The maximum absolute atomic E-state index is 13.5. The van der Waals surface area contributed by atoms with E-state index >= 15 is 0 Å². The number of amides is 2. The molecule has 0 spiro atoms. The van der Waals surface area contributed by atoms with Gasteiger partial charge >= 0.3 is 0 Å². The number of aryl methyl sites for hydroxylation is 3. The molecule has 1 saturated heterocycles. The average molecular weight is 518 g/mol. The van der Waals surface area contributed by atoms with Gasteiger partial charge in [0.25, 0.3) is 11.8 Å². The molecule has 0 unspecified atom stereocenters. The number of nitrogens with one attached hydrogen (secondary N) is 1. The van der Waals surface area contributed by atoms with E-state index in [0.29, 0.717) is 16.1 Å². The molecule has 2 heterocycles. The fourth-order valence-corrected chi connectivity index (χ4v) is 5.70. The van der Waals surface area contributed by atoms with Crippen molar-refractivity contribution in [2.75, 3.05) is 25.0 Å². The lowest BCUT2D eigenvalue weighted by Gasteiger charge is -2.37. The predicted molar refractivity (Wildman–Crippen MR) is 145 cm³/mol. The molecular weight excluding hydrogens is 486 g/mol. The predicted octanol–water partition coefficient (Wildman–Crippen LogP) is 4.91. The molecular formula is C29H32ClN5O2. The summed E-state index contributed by atoms with van der Waals surface area (Å²) in [7, 11) is 1.89. The average Bonchev–Trinajstić information content (AvgIpc) is 3.29. The van der Waals surface area contributed by atoms with Crippen LogP contribution < -0.4 is 10.2 Å². The zero-order chi connectivity index (χ0) is 26.1. The van der Waals surface area contributed by atoms with Crippen LogP contribution in [0.5, 0.6) is 0 Å². The number of anilines is 1. The molecule has 0 bridgehead atoms. The number of halogens is 1. The summed E-state index contributed by atoms with van der Waals surface area (Å²) in [5, 5.41) is 3.55. The summed E-state index contributed by atoms with van der Waals surface area (Å²) in [6.07, 6.45) is 3.44. The van der Waals surface area contributed by atoms with Crippen LogP contribution in [0.1, 0.15) is 68.7 Å². The number of nitrogens with zero attached hydrogens (tertiary/aromatic N) is 4. The first-order valence-electron chi connectivity index (χ1n) is 12.8. The van der Waals surface area contributed by atoms with Gasteiger partial charge in [0.1, 0.15) is 11.6 Å². The smallest absolute Gasteiger partial charge is 0.253 e. The fraction of sp³-hybridized carbons (Fsp3) is 0.379. The summed E-state index contributed by atoms with van der Waals surface area (Å²) >= 11 is 6.22. The van der Waals surface area contributed by atoms with Crippen molar-refractivity contribution in [3.63, 3.8) is 0 Å². The number of benzene rings is 2. The van der Waals surface area contributed by atoms with Gasteiger partial charge in [-0.3, -0.25) is 9.59 Å². The molecule has 5 rings (SSSR count). The van der Waals surface area contributed by atoms with Gasteiger partial charge in [0, 0.05) is 43.5 Å². The van der Waals surface area contributed by atoms with Crippen molar-refractivity contribution in [1.82, 2.24) is 20.2 Å². The number of carbonyl (C=O) groups excluding carboxylic acids is 2. The van der Waals surface area contributed by atoms with E-state index in [2.05, 4.69) is 20.2 Å². The Morgan fingerprint density at radius 3 is 2.51 bits per heavy atom. The van der Waals surface area contributed by atoms with Gasteiger partial charge < -0.3 is 15.1 Å². The van der Waals surface area contributed by atoms with Gasteiger partial charge in [0.2, 0.25) is 0 Å². The van der Waals surface area contributed by atoms with Crippen LogP contribution in [0.4, 0.5) is 5.82 Å². The number of hydrogen-bond donors (Lipinski definition) is 1. The van der Waals surface area contributed by atoms with Gasteiger partial charge in [-0.2, -0.15) is 0 Å². The summed E-state index contributed by atoms with van der Waals surface area (Å²) in [5.41, 5.74) is 4.28. The lowest BCUT2D eigenvalue weighted by Crippen LogP contribution is -2.46. The maximum Gasteiger partial charge on any atom is 0.253 e. The summed E-state index contributed by atoms with van der Waals surface area (Å²) in [6, 6.07) is 15.0. The van der Waals surface area contributed by atoms with E-state index in [1.807, 2.05) is 50.1 Å². The quantitative estimate of drug-likeness (QED) is 0.520. The van der Waals surface area contributed by atoms with Gasteiger partial charge in [0.05, 0.1) is 16.6 Å². The van der Waals surface area contributed by atoms with Gasteiger partial charge in [-0.25, -0.2) is 9.97 Å². The van der Waals surface area contributed by atoms with Crippen LogP contribution in [0.15, 0.2) is 48.5 Å². The second kappa shape index (κ2) is 10.5. The van der Waals surface area contributed by atoms with E-state index in [4.69, 9.17) is 11.6 Å². The molecule has 2 amide bonds. The van der Waals surface area contributed by atoms with Crippen molar-refractivity contribution in [2.24, 2.45) is 0 Å². The minimum Gasteiger partial charge on any atom is -0.356 e. The Balaban J connectivity index is 1.25. The second-order valence-electron chi connectivity index (χ2n) is 10.0. The lowest BCUT2D eigenvalue weighted by atomic mass is 10.00. The second-order valence-corrected chi connectivity index (χ2v) is 10.4. The van der Waals surface area contributed by atoms with Crippen molar-refractivity contribution < 1.29 is 9.59 Å². The van der Waals surface area contributed by atoms with Crippen LogP contribution >= 0.6 is 11.6 Å². The zero-order valence-electron chi connectivity index (χ0n) is 21.5. The molecule has 2 aromatic carbocycles. The van der Waals surface area contributed by atoms with E-state index in [1.165, 1.54) is 5.56 Å². The van der Waals surface area contributed by atoms with Gasteiger partial charge in [-0.05, 0) is 74.9 Å². The monoisotopic (exact) mass is 517 g/mol. The minimum atomic E-state index is -0.196. The molecule has 1 aliphatic heterocycles. The zero-order valence-corrected chi connectivity index (χ0v) is 22.3. The van der Waals surface area contributed by atoms with Crippen LogP contribution in [0.3, 0.4) is 0 Å². The number of rotatable bonds is 5. The maximum atomic E-state index is 13.5. The lowest BCUT2D eigenvalue weighted by molar-refractivity contribution is 0.0709. The largest absolute Gasteiger partial charge is 0.356 e. The van der Waals surface area contributed by atoms with Crippen molar-refractivity contribution in [1.29, 1.82) is 0 Å². The van der Waals surface area contributed by atoms with E-state index < -0.39 is 0 Å². The summed E-state index contributed by atoms with van der Waals surface area (Å²) in [6.45, 7) is 5.59. The number of fused-ring (bicyclic) bond motifs is 1. The third kappa shape index (κ3) is 5.32. The Morgan fingerprint density at radius 2 is 1.78 bits per heavy atom. The van der Waals surface area contributed by atoms with Crippen molar-refractivity contribution in [3.05, 3.63) is 87.3 Å². The Labute approximate surface area is 222 Å². The third-order valence-corrected chi connectivity index (χ3v) is 7.83. The highest BCUT2D eigenvalue weighted by Crippen LogP contribution is 2.33. The van der Waals surface area contributed by atoms with Gasteiger partial charge in [0.15, 0.2) is 0 Å².